The first-order chi connectivity index (χ1) is 10.0. The van der Waals surface area contributed by atoms with Crippen molar-refractivity contribution in [3.05, 3.63) is 29.8 Å². The highest BCUT2D eigenvalue weighted by atomic mass is 16.5. The maximum absolute atomic E-state index is 10.9. The predicted molar refractivity (Wildman–Crippen MR) is 84.8 cm³/mol. The highest BCUT2D eigenvalue weighted by Crippen LogP contribution is 2.12. The van der Waals surface area contributed by atoms with Crippen LogP contribution in [-0.2, 0) is 4.79 Å². The van der Waals surface area contributed by atoms with Gasteiger partial charge in [-0.15, -0.1) is 0 Å². The molecule has 1 aromatic rings. The summed E-state index contributed by atoms with van der Waals surface area (Å²) >= 11 is 0. The van der Waals surface area contributed by atoms with Gasteiger partial charge in [-0.05, 0) is 50.6 Å². The third kappa shape index (κ3) is 7.14. The number of benzene rings is 1. The Hall–Kier alpha value is -1.55. The number of carboxylic acids is 1. The van der Waals surface area contributed by atoms with Crippen LogP contribution in [0.25, 0.3) is 0 Å². The van der Waals surface area contributed by atoms with E-state index in [1.165, 1.54) is 5.56 Å². The van der Waals surface area contributed by atoms with E-state index in [1.54, 1.807) is 6.92 Å². The van der Waals surface area contributed by atoms with Gasteiger partial charge in [0, 0.05) is 6.54 Å². The van der Waals surface area contributed by atoms with Crippen LogP contribution in [0.5, 0.6) is 5.75 Å². The fraction of sp³-hybridized carbons (Fsp3) is 0.588. The number of aryl methyl sites for hydroxylation is 1. The van der Waals surface area contributed by atoms with Gasteiger partial charge in [0.05, 0.1) is 12.5 Å². The predicted octanol–water partition coefficient (Wildman–Crippen LogP) is 3.20. The quantitative estimate of drug-likeness (QED) is 0.673. The standard InChI is InChI=1S/C17H27NO3/c1-4-18(13-15(3)17(19)20)10-5-6-11-21-16-9-7-8-14(2)12-16/h7-9,12,15H,4-6,10-11,13H2,1-3H3,(H,19,20). The van der Waals surface area contributed by atoms with Crippen molar-refractivity contribution in [2.45, 2.75) is 33.6 Å². The van der Waals surface area contributed by atoms with E-state index in [-0.39, 0.29) is 5.92 Å². The van der Waals surface area contributed by atoms with Crippen molar-refractivity contribution >= 4 is 5.97 Å². The molecule has 0 amide bonds. The number of carbonyl (C=O) groups is 1. The minimum atomic E-state index is -0.726. The van der Waals surface area contributed by atoms with Crippen LogP contribution < -0.4 is 4.74 Å². The monoisotopic (exact) mass is 293 g/mol. The highest BCUT2D eigenvalue weighted by molar-refractivity contribution is 5.69. The second-order valence-corrected chi connectivity index (χ2v) is 5.50. The third-order valence-electron chi connectivity index (χ3n) is 3.53. The summed E-state index contributed by atoms with van der Waals surface area (Å²) in [6.07, 6.45) is 2.00. The second-order valence-electron chi connectivity index (χ2n) is 5.50. The Kier molecular flexibility index (Phi) is 7.83. The lowest BCUT2D eigenvalue weighted by molar-refractivity contribution is -0.141. The molecule has 0 heterocycles. The molecule has 1 atom stereocenters. The van der Waals surface area contributed by atoms with Gasteiger partial charge in [-0.2, -0.15) is 0 Å². The van der Waals surface area contributed by atoms with E-state index >= 15 is 0 Å². The van der Waals surface area contributed by atoms with Gasteiger partial charge in [0.1, 0.15) is 5.75 Å². The van der Waals surface area contributed by atoms with Crippen molar-refractivity contribution in [1.82, 2.24) is 4.90 Å². The summed E-state index contributed by atoms with van der Waals surface area (Å²) in [4.78, 5) is 13.1. The maximum Gasteiger partial charge on any atom is 0.307 e. The molecule has 4 heteroatoms. The van der Waals surface area contributed by atoms with Crippen LogP contribution in [0.3, 0.4) is 0 Å². The van der Waals surface area contributed by atoms with Gasteiger partial charge in [-0.1, -0.05) is 26.0 Å². The fourth-order valence-corrected chi connectivity index (χ4v) is 2.18. The van der Waals surface area contributed by atoms with Crippen LogP contribution in [0.15, 0.2) is 24.3 Å². The molecule has 0 spiro atoms. The Labute approximate surface area is 127 Å². The van der Waals surface area contributed by atoms with E-state index < -0.39 is 5.97 Å². The van der Waals surface area contributed by atoms with Gasteiger partial charge in [0.25, 0.3) is 0 Å². The Morgan fingerprint density at radius 3 is 2.76 bits per heavy atom. The molecular formula is C17H27NO3. The lowest BCUT2D eigenvalue weighted by Crippen LogP contribution is -2.32. The van der Waals surface area contributed by atoms with E-state index in [0.29, 0.717) is 13.2 Å². The number of aliphatic carboxylic acids is 1. The molecule has 4 nitrogen and oxygen atoms in total. The summed E-state index contributed by atoms with van der Waals surface area (Å²) in [5.74, 6) is -0.119. The van der Waals surface area contributed by atoms with E-state index in [0.717, 1.165) is 31.7 Å². The summed E-state index contributed by atoms with van der Waals surface area (Å²) in [6, 6.07) is 8.05. The van der Waals surface area contributed by atoms with Crippen LogP contribution in [0, 0.1) is 12.8 Å². The van der Waals surface area contributed by atoms with Crippen LogP contribution in [0.4, 0.5) is 0 Å². The van der Waals surface area contributed by atoms with Gasteiger partial charge in [-0.25, -0.2) is 0 Å². The van der Waals surface area contributed by atoms with Crippen molar-refractivity contribution in [3.8, 4) is 5.75 Å². The number of nitrogens with zero attached hydrogens (tertiary/aromatic N) is 1. The van der Waals surface area contributed by atoms with E-state index in [2.05, 4.69) is 24.8 Å². The smallest absolute Gasteiger partial charge is 0.307 e. The minimum absolute atomic E-state index is 0.312. The molecular weight excluding hydrogens is 266 g/mol. The molecule has 0 saturated carbocycles. The van der Waals surface area contributed by atoms with Crippen molar-refractivity contribution in [1.29, 1.82) is 0 Å². The average molecular weight is 293 g/mol. The molecule has 0 saturated heterocycles. The van der Waals surface area contributed by atoms with E-state index in [1.807, 2.05) is 18.2 Å². The third-order valence-corrected chi connectivity index (χ3v) is 3.53. The van der Waals surface area contributed by atoms with Gasteiger partial charge < -0.3 is 14.7 Å². The molecule has 0 aliphatic carbocycles. The number of carboxylic acid groups (broad SMARTS) is 1. The lowest BCUT2D eigenvalue weighted by atomic mass is 10.1. The van der Waals surface area contributed by atoms with Crippen LogP contribution in [0.2, 0.25) is 0 Å². The Balaban J connectivity index is 2.18. The normalized spacial score (nSPS) is 12.4. The Bertz CT molecular complexity index is 434. The minimum Gasteiger partial charge on any atom is -0.494 e. The van der Waals surface area contributed by atoms with Crippen molar-refractivity contribution < 1.29 is 14.6 Å². The van der Waals surface area contributed by atoms with E-state index in [9.17, 15) is 4.79 Å². The molecule has 21 heavy (non-hydrogen) atoms. The summed E-state index contributed by atoms with van der Waals surface area (Å²) in [6.45, 7) is 9.00. The fourth-order valence-electron chi connectivity index (χ4n) is 2.18. The Morgan fingerprint density at radius 1 is 1.38 bits per heavy atom. The molecule has 1 N–H and O–H groups in total. The van der Waals surface area contributed by atoms with Gasteiger partial charge in [-0.3, -0.25) is 4.79 Å². The lowest BCUT2D eigenvalue weighted by Gasteiger charge is -2.22. The zero-order valence-corrected chi connectivity index (χ0v) is 13.3. The molecule has 0 aromatic heterocycles. The summed E-state index contributed by atoms with van der Waals surface area (Å²) in [5, 5.41) is 8.94. The highest BCUT2D eigenvalue weighted by Gasteiger charge is 2.14. The SMILES string of the molecule is CCN(CCCCOc1cccc(C)c1)CC(C)C(=O)O. The molecule has 0 bridgehead atoms. The molecule has 1 unspecified atom stereocenters. The first-order valence-electron chi connectivity index (χ1n) is 7.67. The summed E-state index contributed by atoms with van der Waals surface area (Å²) < 4.78 is 5.71. The molecule has 0 aliphatic heterocycles. The molecule has 118 valence electrons. The van der Waals surface area contributed by atoms with Gasteiger partial charge in [0.2, 0.25) is 0 Å². The largest absolute Gasteiger partial charge is 0.494 e. The van der Waals surface area contributed by atoms with Crippen molar-refractivity contribution in [3.63, 3.8) is 0 Å². The molecule has 0 fully saturated rings. The average Bonchev–Trinajstić information content (AvgIpc) is 2.45. The number of hydrogen-bond acceptors (Lipinski definition) is 3. The maximum atomic E-state index is 10.9. The number of hydrogen-bond donors (Lipinski definition) is 1. The van der Waals surface area contributed by atoms with Crippen LogP contribution >= 0.6 is 0 Å². The van der Waals surface area contributed by atoms with Gasteiger partial charge in [0.15, 0.2) is 0 Å². The van der Waals surface area contributed by atoms with Crippen LogP contribution in [-0.4, -0.2) is 42.2 Å². The molecule has 1 rings (SSSR count). The molecule has 0 aliphatic rings. The number of rotatable bonds is 10. The molecule has 0 radical (unpaired) electrons. The summed E-state index contributed by atoms with van der Waals surface area (Å²) in [7, 11) is 0. The number of ether oxygens (including phenoxy) is 1. The summed E-state index contributed by atoms with van der Waals surface area (Å²) in [5.41, 5.74) is 1.20. The van der Waals surface area contributed by atoms with Gasteiger partial charge >= 0.3 is 5.97 Å². The van der Waals surface area contributed by atoms with Crippen LogP contribution in [0.1, 0.15) is 32.3 Å². The zero-order valence-electron chi connectivity index (χ0n) is 13.3. The first-order valence-corrected chi connectivity index (χ1v) is 7.67. The first kappa shape index (κ1) is 17.5. The molecule has 1 aromatic carbocycles. The second kappa shape index (κ2) is 9.40. The van der Waals surface area contributed by atoms with Crippen molar-refractivity contribution in [2.24, 2.45) is 5.92 Å². The zero-order chi connectivity index (χ0) is 15.7. The Morgan fingerprint density at radius 2 is 2.14 bits per heavy atom. The van der Waals surface area contributed by atoms with E-state index in [4.69, 9.17) is 9.84 Å². The topological polar surface area (TPSA) is 49.8 Å². The number of unbranched alkanes of at least 4 members (excludes halogenated alkanes) is 1. The van der Waals surface area contributed by atoms with Crippen molar-refractivity contribution in [2.75, 3.05) is 26.2 Å².